The van der Waals surface area contributed by atoms with Gasteiger partial charge in [0.2, 0.25) is 0 Å². The van der Waals surface area contributed by atoms with Crippen LogP contribution in [0.15, 0.2) is 30.3 Å². The highest BCUT2D eigenvalue weighted by Crippen LogP contribution is 2.67. The average Bonchev–Trinajstić information content (AvgIpc) is 3.14. The third-order valence-corrected chi connectivity index (χ3v) is 17.2. The van der Waals surface area contributed by atoms with Gasteiger partial charge >= 0.3 is 0 Å². The number of rotatable bonds is 5. The van der Waals surface area contributed by atoms with Crippen molar-refractivity contribution >= 4 is 8.32 Å². The molecule has 0 bridgehead atoms. The Hall–Kier alpha value is -0.643. The molecule has 1 aromatic rings. The monoisotopic (exact) mass is 510 g/mol. The standard InChI is InChI=1S/C33H54O2Si/c1-30(2,3)36(6,7)35-29-16-15-27-26-14-13-25-23-33(34,20-17-24-11-9-8-10-12-24)22-21-31(25,4)28(26)18-19-32(27,29)5/h8-12,25-29,34H,13-23H2,1-7H3/t25-,26-,27-,28-,29-,31-,32-,33-/m0/s1. The van der Waals surface area contributed by atoms with Crippen LogP contribution in [-0.2, 0) is 10.8 Å². The summed E-state index contributed by atoms with van der Waals surface area (Å²) in [6.07, 6.45) is 13.7. The Labute approximate surface area is 223 Å². The van der Waals surface area contributed by atoms with Gasteiger partial charge in [-0.25, -0.2) is 0 Å². The number of aryl methyl sites for hydroxylation is 1. The van der Waals surface area contributed by atoms with Crippen molar-refractivity contribution in [3.8, 4) is 0 Å². The van der Waals surface area contributed by atoms with Crippen molar-refractivity contribution in [3.63, 3.8) is 0 Å². The molecule has 4 aliphatic carbocycles. The molecule has 202 valence electrons. The molecule has 4 fully saturated rings. The van der Waals surface area contributed by atoms with E-state index in [9.17, 15) is 5.11 Å². The van der Waals surface area contributed by atoms with Crippen LogP contribution in [0.5, 0.6) is 0 Å². The second kappa shape index (κ2) is 9.23. The van der Waals surface area contributed by atoms with Crippen molar-refractivity contribution in [3.05, 3.63) is 35.9 Å². The molecule has 3 heteroatoms. The highest BCUT2D eigenvalue weighted by Gasteiger charge is 2.62. The van der Waals surface area contributed by atoms with Crippen molar-refractivity contribution in [2.45, 2.75) is 135 Å². The summed E-state index contributed by atoms with van der Waals surface area (Å²) in [4.78, 5) is 0. The van der Waals surface area contributed by atoms with Gasteiger partial charge in [-0.2, -0.15) is 0 Å². The van der Waals surface area contributed by atoms with E-state index in [0.29, 0.717) is 22.9 Å². The molecule has 1 N–H and O–H groups in total. The summed E-state index contributed by atoms with van der Waals surface area (Å²) < 4.78 is 7.14. The first kappa shape index (κ1) is 26.9. The van der Waals surface area contributed by atoms with Crippen molar-refractivity contribution in [2.24, 2.45) is 34.5 Å². The highest BCUT2D eigenvalue weighted by atomic mass is 28.4. The summed E-state index contributed by atoms with van der Waals surface area (Å²) in [6.45, 7) is 17.3. The molecule has 0 aliphatic heterocycles. The SMILES string of the molecule is CC(C)(C)[Si](C)(C)O[C@H]1CC[C@H]2[C@@H]3CC[C@H]4C[C@](O)(CCc5ccccc5)CC[C@]4(C)[C@H]3CC[C@]12C. The molecule has 36 heavy (non-hydrogen) atoms. The first-order valence-corrected chi connectivity index (χ1v) is 18.1. The van der Waals surface area contributed by atoms with Crippen LogP contribution in [0.1, 0.15) is 104 Å². The van der Waals surface area contributed by atoms with Crippen molar-refractivity contribution < 1.29 is 9.53 Å². The third-order valence-electron chi connectivity index (χ3n) is 12.7. The molecule has 0 aromatic heterocycles. The molecule has 2 nitrogen and oxygen atoms in total. The molecule has 4 aliphatic rings. The van der Waals surface area contributed by atoms with Crippen molar-refractivity contribution in [1.29, 1.82) is 0 Å². The molecule has 4 saturated carbocycles. The van der Waals surface area contributed by atoms with E-state index in [1.165, 1.54) is 50.5 Å². The van der Waals surface area contributed by atoms with Crippen molar-refractivity contribution in [1.82, 2.24) is 0 Å². The second-order valence-corrected chi connectivity index (χ2v) is 20.3. The Bertz CT molecular complexity index is 921. The molecule has 0 heterocycles. The van der Waals surface area contributed by atoms with Crippen LogP contribution in [0.25, 0.3) is 0 Å². The van der Waals surface area contributed by atoms with E-state index >= 15 is 0 Å². The molecule has 0 saturated heterocycles. The largest absolute Gasteiger partial charge is 0.413 e. The van der Waals surface area contributed by atoms with Gasteiger partial charge < -0.3 is 9.53 Å². The topological polar surface area (TPSA) is 29.5 Å². The Kier molecular flexibility index (Phi) is 6.91. The molecule has 0 spiro atoms. The maximum absolute atomic E-state index is 11.7. The van der Waals surface area contributed by atoms with Crippen LogP contribution < -0.4 is 0 Å². The van der Waals surface area contributed by atoms with E-state index in [0.717, 1.165) is 43.4 Å². The number of benzene rings is 1. The fourth-order valence-corrected chi connectivity index (χ4v) is 10.7. The van der Waals surface area contributed by atoms with Gasteiger partial charge in [0, 0.05) is 0 Å². The number of fused-ring (bicyclic) bond motifs is 5. The molecule has 8 atom stereocenters. The van der Waals surface area contributed by atoms with Crippen molar-refractivity contribution in [2.75, 3.05) is 0 Å². The Morgan fingerprint density at radius 3 is 2.28 bits per heavy atom. The predicted octanol–water partition coefficient (Wildman–Crippen LogP) is 8.78. The minimum Gasteiger partial charge on any atom is -0.413 e. The highest BCUT2D eigenvalue weighted by molar-refractivity contribution is 6.74. The summed E-state index contributed by atoms with van der Waals surface area (Å²) in [5.41, 5.74) is 1.68. The molecule has 5 rings (SSSR count). The van der Waals surface area contributed by atoms with Gasteiger partial charge in [-0.15, -0.1) is 0 Å². The van der Waals surface area contributed by atoms with Crippen LogP contribution in [0.2, 0.25) is 18.1 Å². The number of aliphatic hydroxyl groups is 1. The second-order valence-electron chi connectivity index (χ2n) is 15.6. The maximum Gasteiger partial charge on any atom is 0.192 e. The fourth-order valence-electron chi connectivity index (χ4n) is 9.25. The maximum atomic E-state index is 11.7. The number of hydrogen-bond donors (Lipinski definition) is 1. The van der Waals surface area contributed by atoms with Gasteiger partial charge in [0.15, 0.2) is 8.32 Å². The van der Waals surface area contributed by atoms with Gasteiger partial charge in [-0.1, -0.05) is 65.0 Å². The lowest BCUT2D eigenvalue weighted by molar-refractivity contribution is -0.155. The molecule has 1 aromatic carbocycles. The summed E-state index contributed by atoms with van der Waals surface area (Å²) in [6, 6.07) is 10.8. The van der Waals surface area contributed by atoms with E-state index in [2.05, 4.69) is 78.0 Å². The third kappa shape index (κ3) is 4.58. The minimum atomic E-state index is -1.76. The van der Waals surface area contributed by atoms with E-state index in [-0.39, 0.29) is 5.04 Å². The molecule has 0 radical (unpaired) electrons. The Morgan fingerprint density at radius 1 is 0.889 bits per heavy atom. The average molecular weight is 511 g/mol. The zero-order valence-corrected chi connectivity index (χ0v) is 25.4. The summed E-state index contributed by atoms with van der Waals surface area (Å²) >= 11 is 0. The lowest BCUT2D eigenvalue weighted by atomic mass is 9.44. The molecular weight excluding hydrogens is 456 g/mol. The normalized spacial score (nSPS) is 42.9. The lowest BCUT2D eigenvalue weighted by Gasteiger charge is -2.62. The minimum absolute atomic E-state index is 0.281. The smallest absolute Gasteiger partial charge is 0.192 e. The lowest BCUT2D eigenvalue weighted by Crippen LogP contribution is -2.57. The Morgan fingerprint density at radius 2 is 1.58 bits per heavy atom. The quantitative estimate of drug-likeness (QED) is 0.401. The van der Waals surface area contributed by atoms with E-state index in [4.69, 9.17) is 4.43 Å². The van der Waals surface area contributed by atoms with Crippen LogP contribution in [0, 0.1) is 34.5 Å². The zero-order valence-electron chi connectivity index (χ0n) is 24.4. The van der Waals surface area contributed by atoms with E-state index in [1.807, 2.05) is 0 Å². The van der Waals surface area contributed by atoms with Gasteiger partial charge in [0.1, 0.15) is 0 Å². The van der Waals surface area contributed by atoms with Crippen LogP contribution in [0.3, 0.4) is 0 Å². The predicted molar refractivity (Wildman–Crippen MR) is 154 cm³/mol. The van der Waals surface area contributed by atoms with Gasteiger partial charge in [0.25, 0.3) is 0 Å². The van der Waals surface area contributed by atoms with E-state index in [1.54, 1.807) is 0 Å². The summed E-state index contributed by atoms with van der Waals surface area (Å²) in [5.74, 6) is 3.24. The fraction of sp³-hybridized carbons (Fsp3) is 0.818. The first-order chi connectivity index (χ1) is 16.8. The van der Waals surface area contributed by atoms with Crippen LogP contribution in [-0.4, -0.2) is 25.1 Å². The number of hydrogen-bond acceptors (Lipinski definition) is 2. The summed E-state index contributed by atoms with van der Waals surface area (Å²) in [5, 5.41) is 12.0. The molecule has 0 amide bonds. The zero-order chi connectivity index (χ0) is 26.0. The van der Waals surface area contributed by atoms with E-state index < -0.39 is 13.9 Å². The van der Waals surface area contributed by atoms with Crippen LogP contribution >= 0.6 is 0 Å². The molecule has 0 unspecified atom stereocenters. The Balaban J connectivity index is 1.27. The first-order valence-electron chi connectivity index (χ1n) is 15.2. The van der Waals surface area contributed by atoms with Gasteiger partial charge in [-0.05, 0) is 129 Å². The van der Waals surface area contributed by atoms with Gasteiger partial charge in [-0.3, -0.25) is 0 Å². The van der Waals surface area contributed by atoms with Crippen LogP contribution in [0.4, 0.5) is 0 Å². The van der Waals surface area contributed by atoms with Gasteiger partial charge in [0.05, 0.1) is 11.7 Å². The molecular formula is C33H54O2Si. The summed E-state index contributed by atoms with van der Waals surface area (Å²) in [7, 11) is -1.76.